The summed E-state index contributed by atoms with van der Waals surface area (Å²) >= 11 is 0. The lowest BCUT2D eigenvalue weighted by atomic mass is 10.1. The summed E-state index contributed by atoms with van der Waals surface area (Å²) < 4.78 is 1.70. The zero-order valence-electron chi connectivity index (χ0n) is 10.8. The average molecular weight is 240 g/mol. The Morgan fingerprint density at radius 2 is 1.89 bits per heavy atom. The van der Waals surface area contributed by atoms with Gasteiger partial charge in [-0.05, 0) is 25.5 Å². The van der Waals surface area contributed by atoms with Gasteiger partial charge in [0.25, 0.3) is 0 Å². The fourth-order valence-electron chi connectivity index (χ4n) is 1.68. The molecule has 0 bridgehead atoms. The van der Waals surface area contributed by atoms with Gasteiger partial charge in [-0.2, -0.15) is 5.10 Å². The van der Waals surface area contributed by atoms with Gasteiger partial charge in [-0.1, -0.05) is 35.9 Å². The van der Waals surface area contributed by atoms with Crippen molar-refractivity contribution in [2.75, 3.05) is 0 Å². The van der Waals surface area contributed by atoms with Crippen LogP contribution in [0, 0.1) is 13.8 Å². The Hall–Kier alpha value is -2.16. The van der Waals surface area contributed by atoms with Crippen LogP contribution in [0.15, 0.2) is 36.5 Å². The van der Waals surface area contributed by atoms with Gasteiger partial charge in [-0.25, -0.2) is 0 Å². The van der Waals surface area contributed by atoms with Crippen LogP contribution in [0.4, 0.5) is 0 Å². The molecule has 2 rings (SSSR count). The number of aromatic nitrogens is 2. The minimum Gasteiger partial charge on any atom is -0.289 e. The lowest BCUT2D eigenvalue weighted by Gasteiger charge is -1.96. The zero-order valence-corrected chi connectivity index (χ0v) is 10.8. The first-order valence-electron chi connectivity index (χ1n) is 5.85. The Bertz CT molecular complexity index is 591. The molecule has 0 N–H and O–H groups in total. The summed E-state index contributed by atoms with van der Waals surface area (Å²) in [6.45, 7) is 3.93. The molecule has 0 spiro atoms. The van der Waals surface area contributed by atoms with Crippen LogP contribution in [0.5, 0.6) is 0 Å². The highest BCUT2D eigenvalue weighted by Gasteiger charge is 2.09. The topological polar surface area (TPSA) is 34.9 Å². The molecule has 3 heteroatoms. The number of hydrogen-bond acceptors (Lipinski definition) is 2. The van der Waals surface area contributed by atoms with E-state index in [0.717, 1.165) is 11.3 Å². The number of benzene rings is 1. The van der Waals surface area contributed by atoms with Gasteiger partial charge in [0, 0.05) is 12.7 Å². The smallest absolute Gasteiger partial charge is 0.189 e. The van der Waals surface area contributed by atoms with E-state index in [0.29, 0.717) is 5.56 Å². The summed E-state index contributed by atoms with van der Waals surface area (Å²) in [6, 6.07) is 8.05. The number of aryl methyl sites for hydroxylation is 2. The molecule has 92 valence electrons. The maximum atomic E-state index is 12.0. The van der Waals surface area contributed by atoms with Crippen molar-refractivity contribution in [2.24, 2.45) is 7.05 Å². The molecular weight excluding hydrogens is 224 g/mol. The average Bonchev–Trinajstić information content (AvgIpc) is 2.69. The van der Waals surface area contributed by atoms with E-state index in [1.807, 2.05) is 51.2 Å². The quantitative estimate of drug-likeness (QED) is 0.610. The van der Waals surface area contributed by atoms with Crippen molar-refractivity contribution in [1.82, 2.24) is 9.78 Å². The minimum absolute atomic E-state index is 0.0128. The monoisotopic (exact) mass is 240 g/mol. The molecule has 0 saturated heterocycles. The maximum Gasteiger partial charge on any atom is 0.189 e. The van der Waals surface area contributed by atoms with Gasteiger partial charge >= 0.3 is 0 Å². The maximum absolute atomic E-state index is 12.0. The van der Waals surface area contributed by atoms with E-state index >= 15 is 0 Å². The van der Waals surface area contributed by atoms with Crippen LogP contribution in [0.2, 0.25) is 0 Å². The van der Waals surface area contributed by atoms with Crippen molar-refractivity contribution < 1.29 is 4.79 Å². The molecule has 0 unspecified atom stereocenters. The molecule has 0 radical (unpaired) electrons. The highest BCUT2D eigenvalue weighted by Crippen LogP contribution is 2.10. The number of ketones is 1. The number of allylic oxidation sites excluding steroid dienone is 1. The molecule has 0 aliphatic rings. The van der Waals surface area contributed by atoms with Gasteiger partial charge in [-0.15, -0.1) is 0 Å². The van der Waals surface area contributed by atoms with Crippen molar-refractivity contribution in [3.05, 3.63) is 58.9 Å². The fraction of sp³-hybridized carbons (Fsp3) is 0.200. The number of hydrogen-bond donors (Lipinski definition) is 0. The molecule has 0 saturated carbocycles. The van der Waals surface area contributed by atoms with Crippen molar-refractivity contribution in [3.63, 3.8) is 0 Å². The normalized spacial score (nSPS) is 11.1. The summed E-state index contributed by atoms with van der Waals surface area (Å²) in [7, 11) is 1.83. The third-order valence-electron chi connectivity index (χ3n) is 3.01. The first-order valence-corrected chi connectivity index (χ1v) is 5.85. The SMILES string of the molecule is Cc1ccc(/C=C/C(=O)c2cnn(C)c2C)cc1. The number of nitrogens with zero attached hydrogens (tertiary/aromatic N) is 2. The van der Waals surface area contributed by atoms with E-state index in [-0.39, 0.29) is 5.78 Å². The van der Waals surface area contributed by atoms with Gasteiger partial charge in [0.2, 0.25) is 0 Å². The van der Waals surface area contributed by atoms with Gasteiger partial charge in [0.05, 0.1) is 11.8 Å². The summed E-state index contributed by atoms with van der Waals surface area (Å²) in [5, 5.41) is 4.07. The first kappa shape index (κ1) is 12.3. The molecule has 3 nitrogen and oxygen atoms in total. The van der Waals surface area contributed by atoms with Crippen molar-refractivity contribution >= 4 is 11.9 Å². The predicted molar refractivity (Wildman–Crippen MR) is 72.5 cm³/mol. The minimum atomic E-state index is -0.0128. The van der Waals surface area contributed by atoms with Gasteiger partial charge in [0.1, 0.15) is 0 Å². The standard InChI is InChI=1S/C15H16N2O/c1-11-4-6-13(7-5-11)8-9-15(18)14-10-16-17(3)12(14)2/h4-10H,1-3H3/b9-8+. The summed E-state index contributed by atoms with van der Waals surface area (Å²) in [6.07, 6.45) is 5.03. The molecule has 0 atom stereocenters. The lowest BCUT2D eigenvalue weighted by molar-refractivity contribution is 0.104. The largest absolute Gasteiger partial charge is 0.289 e. The molecule has 0 aliphatic heterocycles. The third-order valence-corrected chi connectivity index (χ3v) is 3.01. The van der Waals surface area contributed by atoms with Crippen LogP contribution in [0.3, 0.4) is 0 Å². The van der Waals surface area contributed by atoms with Crippen molar-refractivity contribution in [1.29, 1.82) is 0 Å². The Morgan fingerprint density at radius 1 is 1.22 bits per heavy atom. The van der Waals surface area contributed by atoms with E-state index in [1.165, 1.54) is 5.56 Å². The second-order valence-corrected chi connectivity index (χ2v) is 4.38. The molecular formula is C15H16N2O. The van der Waals surface area contributed by atoms with Gasteiger partial charge in [-0.3, -0.25) is 9.48 Å². The van der Waals surface area contributed by atoms with Crippen LogP contribution in [0.1, 0.15) is 27.2 Å². The zero-order chi connectivity index (χ0) is 13.1. The van der Waals surface area contributed by atoms with E-state index in [4.69, 9.17) is 0 Å². The molecule has 2 aromatic rings. The predicted octanol–water partition coefficient (Wildman–Crippen LogP) is 2.93. The van der Waals surface area contributed by atoms with Gasteiger partial charge in [0.15, 0.2) is 5.78 Å². The second-order valence-electron chi connectivity index (χ2n) is 4.38. The van der Waals surface area contributed by atoms with E-state index < -0.39 is 0 Å². The molecule has 1 heterocycles. The number of carbonyl (C=O) groups excluding carboxylic acids is 1. The molecule has 0 fully saturated rings. The van der Waals surface area contributed by atoms with E-state index in [9.17, 15) is 4.79 Å². The van der Waals surface area contributed by atoms with Crippen LogP contribution in [0.25, 0.3) is 6.08 Å². The molecule has 1 aromatic carbocycles. The Kier molecular flexibility index (Phi) is 3.42. The molecule has 1 aromatic heterocycles. The summed E-state index contributed by atoms with van der Waals surface area (Å²) in [5.74, 6) is -0.0128. The Morgan fingerprint density at radius 3 is 2.44 bits per heavy atom. The van der Waals surface area contributed by atoms with E-state index in [1.54, 1.807) is 17.0 Å². The van der Waals surface area contributed by atoms with Crippen LogP contribution in [-0.4, -0.2) is 15.6 Å². The van der Waals surface area contributed by atoms with E-state index in [2.05, 4.69) is 5.10 Å². The van der Waals surface area contributed by atoms with Gasteiger partial charge < -0.3 is 0 Å². The number of rotatable bonds is 3. The summed E-state index contributed by atoms with van der Waals surface area (Å²) in [5.41, 5.74) is 3.77. The third kappa shape index (κ3) is 2.56. The fourth-order valence-corrected chi connectivity index (χ4v) is 1.68. The first-order chi connectivity index (χ1) is 8.58. The van der Waals surface area contributed by atoms with Crippen molar-refractivity contribution in [2.45, 2.75) is 13.8 Å². The molecule has 0 aliphatic carbocycles. The highest BCUT2D eigenvalue weighted by molar-refractivity contribution is 6.07. The van der Waals surface area contributed by atoms with Crippen molar-refractivity contribution in [3.8, 4) is 0 Å². The van der Waals surface area contributed by atoms with Crippen LogP contribution in [-0.2, 0) is 7.05 Å². The lowest BCUT2D eigenvalue weighted by Crippen LogP contribution is -1.98. The van der Waals surface area contributed by atoms with Crippen LogP contribution >= 0.6 is 0 Å². The molecule has 0 amide bonds. The Labute approximate surface area is 107 Å². The summed E-state index contributed by atoms with van der Waals surface area (Å²) in [4.78, 5) is 12.0. The van der Waals surface area contributed by atoms with Crippen LogP contribution < -0.4 is 0 Å². The Balaban J connectivity index is 2.17. The second kappa shape index (κ2) is 5.00. The highest BCUT2D eigenvalue weighted by atomic mass is 16.1. The number of carbonyl (C=O) groups is 1. The molecule has 18 heavy (non-hydrogen) atoms.